The van der Waals surface area contributed by atoms with E-state index in [1.54, 1.807) is 12.3 Å². The molecule has 2 aromatic carbocycles. The fourth-order valence-electron chi connectivity index (χ4n) is 3.82. The lowest BCUT2D eigenvalue weighted by molar-refractivity contribution is -0.137. The van der Waals surface area contributed by atoms with Crippen molar-refractivity contribution in [3.05, 3.63) is 59.2 Å². The molecule has 170 valence electrons. The minimum absolute atomic E-state index is 0.0265. The van der Waals surface area contributed by atoms with Crippen LogP contribution < -0.4 is 5.32 Å². The number of nitrogens with one attached hydrogen (secondary N) is 2. The number of aromatic amines is 1. The van der Waals surface area contributed by atoms with Gasteiger partial charge in [-0.15, -0.1) is 0 Å². The van der Waals surface area contributed by atoms with Gasteiger partial charge in [-0.3, -0.25) is 4.79 Å². The molecule has 1 amide bonds. The smallest absolute Gasteiger partial charge is 0.361 e. The Bertz CT molecular complexity index is 1270. The van der Waals surface area contributed by atoms with E-state index in [4.69, 9.17) is 11.6 Å². The second-order valence-corrected chi connectivity index (χ2v) is 9.90. The van der Waals surface area contributed by atoms with Gasteiger partial charge in [0, 0.05) is 36.1 Å². The molecule has 6 nitrogen and oxygen atoms in total. The molecule has 2 N–H and O–H groups in total. The van der Waals surface area contributed by atoms with Crippen molar-refractivity contribution in [3.63, 3.8) is 0 Å². The summed E-state index contributed by atoms with van der Waals surface area (Å²) in [5.74, 6) is -0.631. The number of piperidine rings is 1. The number of H-pyrrole nitrogens is 1. The molecule has 0 unspecified atom stereocenters. The van der Waals surface area contributed by atoms with Crippen molar-refractivity contribution < 1.29 is 26.4 Å². The van der Waals surface area contributed by atoms with E-state index in [0.717, 1.165) is 27.3 Å². The third kappa shape index (κ3) is 4.35. The molecule has 0 saturated carbocycles. The van der Waals surface area contributed by atoms with E-state index in [0.29, 0.717) is 11.8 Å². The molecule has 0 radical (unpaired) electrons. The van der Waals surface area contributed by atoms with E-state index in [9.17, 15) is 26.4 Å². The zero-order chi connectivity index (χ0) is 23.1. The number of amides is 1. The number of sulfonamides is 1. The summed E-state index contributed by atoms with van der Waals surface area (Å²) in [6, 6.07) is 9.87. The predicted molar refractivity (Wildman–Crippen MR) is 115 cm³/mol. The predicted octanol–water partition coefficient (Wildman–Crippen LogP) is 4.88. The molecule has 0 atom stereocenters. The standard InChI is InChI=1S/C21H19ClF3N3O3S/c22-17-5-4-14(12-16(17)21(23,24)25)32(30,31)28-10-7-13(8-11-28)20(29)27-19-3-1-2-18-15(19)6-9-26-18/h1-6,9,12-13,26H,7-8,10-11H2,(H,27,29). The van der Waals surface area contributed by atoms with Crippen LogP contribution in [0.15, 0.2) is 53.6 Å². The van der Waals surface area contributed by atoms with Gasteiger partial charge in [0.25, 0.3) is 0 Å². The number of fused-ring (bicyclic) bond motifs is 1. The SMILES string of the molecule is O=C(Nc1cccc2[nH]ccc12)C1CCN(S(=O)(=O)c2ccc(Cl)c(C(F)(F)F)c2)CC1. The van der Waals surface area contributed by atoms with Gasteiger partial charge in [-0.2, -0.15) is 17.5 Å². The molecule has 1 saturated heterocycles. The number of halogens is 4. The maximum atomic E-state index is 13.1. The van der Waals surface area contributed by atoms with E-state index in [1.807, 2.05) is 18.2 Å². The summed E-state index contributed by atoms with van der Waals surface area (Å²) >= 11 is 5.59. The zero-order valence-electron chi connectivity index (χ0n) is 16.6. The second kappa shape index (κ2) is 8.42. The van der Waals surface area contributed by atoms with Gasteiger partial charge in [0.1, 0.15) is 0 Å². The van der Waals surface area contributed by atoms with Gasteiger partial charge in [0.15, 0.2) is 0 Å². The Morgan fingerprint density at radius 3 is 2.53 bits per heavy atom. The topological polar surface area (TPSA) is 82.3 Å². The van der Waals surface area contributed by atoms with Crippen LogP contribution in [0.5, 0.6) is 0 Å². The van der Waals surface area contributed by atoms with Crippen LogP contribution in [-0.2, 0) is 21.0 Å². The molecule has 0 aliphatic carbocycles. The fourth-order valence-corrected chi connectivity index (χ4v) is 5.54. The molecular formula is C21H19ClF3N3O3S. The maximum absolute atomic E-state index is 13.1. The van der Waals surface area contributed by atoms with Crippen LogP contribution in [0.4, 0.5) is 18.9 Å². The number of rotatable bonds is 4. The summed E-state index contributed by atoms with van der Waals surface area (Å²) in [5.41, 5.74) is 0.336. The first-order valence-electron chi connectivity index (χ1n) is 9.81. The zero-order valence-corrected chi connectivity index (χ0v) is 18.2. The lowest BCUT2D eigenvalue weighted by Gasteiger charge is -2.30. The van der Waals surface area contributed by atoms with E-state index in [-0.39, 0.29) is 31.8 Å². The highest BCUT2D eigenvalue weighted by Gasteiger charge is 2.37. The minimum atomic E-state index is -4.77. The number of carbonyl (C=O) groups excluding carboxylic acids is 1. The third-order valence-electron chi connectivity index (χ3n) is 5.56. The molecule has 3 aromatic rings. The van der Waals surface area contributed by atoms with E-state index < -0.39 is 37.6 Å². The Kier molecular flexibility index (Phi) is 5.95. The molecule has 1 aliphatic rings. The molecule has 2 heterocycles. The highest BCUT2D eigenvalue weighted by Crippen LogP contribution is 2.37. The fraction of sp³-hybridized carbons (Fsp3) is 0.286. The molecule has 0 bridgehead atoms. The maximum Gasteiger partial charge on any atom is 0.417 e. The summed E-state index contributed by atoms with van der Waals surface area (Å²) in [7, 11) is -4.15. The van der Waals surface area contributed by atoms with Crippen molar-refractivity contribution in [1.29, 1.82) is 0 Å². The van der Waals surface area contributed by atoms with Crippen molar-refractivity contribution >= 4 is 44.1 Å². The Hall–Kier alpha value is -2.56. The second-order valence-electron chi connectivity index (χ2n) is 7.55. The monoisotopic (exact) mass is 485 g/mol. The van der Waals surface area contributed by atoms with Crippen molar-refractivity contribution in [2.45, 2.75) is 23.9 Å². The molecule has 32 heavy (non-hydrogen) atoms. The summed E-state index contributed by atoms with van der Waals surface area (Å²) in [6.45, 7) is 0.0531. The number of hydrogen-bond donors (Lipinski definition) is 2. The van der Waals surface area contributed by atoms with Gasteiger partial charge in [-0.05, 0) is 49.2 Å². The Morgan fingerprint density at radius 1 is 1.12 bits per heavy atom. The number of hydrogen-bond acceptors (Lipinski definition) is 3. The normalized spacial score (nSPS) is 16.4. The number of carbonyl (C=O) groups is 1. The first-order valence-corrected chi connectivity index (χ1v) is 11.6. The Labute approximate surface area is 187 Å². The van der Waals surface area contributed by atoms with Gasteiger partial charge in [-0.25, -0.2) is 8.42 Å². The molecule has 11 heteroatoms. The van der Waals surface area contributed by atoms with Crippen molar-refractivity contribution in [3.8, 4) is 0 Å². The largest absolute Gasteiger partial charge is 0.417 e. The summed E-state index contributed by atoms with van der Waals surface area (Å²) < 4.78 is 66.2. The quantitative estimate of drug-likeness (QED) is 0.552. The average Bonchev–Trinajstić information content (AvgIpc) is 3.23. The highest BCUT2D eigenvalue weighted by atomic mass is 35.5. The van der Waals surface area contributed by atoms with Crippen LogP contribution >= 0.6 is 11.6 Å². The lowest BCUT2D eigenvalue weighted by atomic mass is 9.97. The van der Waals surface area contributed by atoms with Crippen LogP contribution in [0.3, 0.4) is 0 Å². The molecule has 1 fully saturated rings. The van der Waals surface area contributed by atoms with Crippen LogP contribution in [0, 0.1) is 5.92 Å². The average molecular weight is 486 g/mol. The minimum Gasteiger partial charge on any atom is -0.361 e. The van der Waals surface area contributed by atoms with Gasteiger partial charge >= 0.3 is 6.18 Å². The molecule has 0 spiro atoms. The molecular weight excluding hydrogens is 467 g/mol. The van der Waals surface area contributed by atoms with E-state index >= 15 is 0 Å². The number of benzene rings is 2. The first kappa shape index (κ1) is 22.6. The Morgan fingerprint density at radius 2 is 1.84 bits per heavy atom. The number of aromatic nitrogens is 1. The van der Waals surface area contributed by atoms with Crippen molar-refractivity contribution in [1.82, 2.24) is 9.29 Å². The van der Waals surface area contributed by atoms with Crippen LogP contribution in [0.1, 0.15) is 18.4 Å². The van der Waals surface area contributed by atoms with Crippen LogP contribution in [0.25, 0.3) is 10.9 Å². The van der Waals surface area contributed by atoms with Gasteiger partial charge in [0.05, 0.1) is 21.2 Å². The Balaban J connectivity index is 1.45. The van der Waals surface area contributed by atoms with Crippen LogP contribution in [0.2, 0.25) is 5.02 Å². The molecule has 1 aromatic heterocycles. The van der Waals surface area contributed by atoms with Gasteiger partial charge < -0.3 is 10.3 Å². The lowest BCUT2D eigenvalue weighted by Crippen LogP contribution is -2.41. The molecule has 4 rings (SSSR count). The summed E-state index contributed by atoms with van der Waals surface area (Å²) in [4.78, 5) is 15.3. The highest BCUT2D eigenvalue weighted by molar-refractivity contribution is 7.89. The van der Waals surface area contributed by atoms with Gasteiger partial charge in [0.2, 0.25) is 15.9 Å². The van der Waals surface area contributed by atoms with Crippen molar-refractivity contribution in [2.24, 2.45) is 5.92 Å². The summed E-state index contributed by atoms with van der Waals surface area (Å²) in [5, 5.41) is 3.19. The number of nitrogens with zero attached hydrogens (tertiary/aromatic N) is 1. The third-order valence-corrected chi connectivity index (χ3v) is 7.78. The van der Waals surface area contributed by atoms with E-state index in [1.165, 1.54) is 0 Å². The van der Waals surface area contributed by atoms with E-state index in [2.05, 4.69) is 10.3 Å². The summed E-state index contributed by atoms with van der Waals surface area (Å²) in [6.07, 6.45) is -2.48. The van der Waals surface area contributed by atoms with Crippen molar-refractivity contribution in [2.75, 3.05) is 18.4 Å². The number of alkyl halides is 3. The number of anilines is 1. The first-order chi connectivity index (χ1) is 15.1. The van der Waals surface area contributed by atoms with Crippen LogP contribution in [-0.4, -0.2) is 36.7 Å². The van der Waals surface area contributed by atoms with Gasteiger partial charge in [-0.1, -0.05) is 17.7 Å². The molecule has 1 aliphatic heterocycles.